The molecule has 0 saturated heterocycles. The molecule has 0 radical (unpaired) electrons. The molecule has 16 heavy (non-hydrogen) atoms. The van der Waals surface area contributed by atoms with Gasteiger partial charge in [0.25, 0.3) is 0 Å². The Hall–Kier alpha value is -0.890. The minimum atomic E-state index is -0.107. The largest absolute Gasteiger partial charge is 0.330 e. The average molecular weight is 223 g/mol. The predicted molar refractivity (Wildman–Crippen MR) is 66.7 cm³/mol. The molecule has 0 spiro atoms. The lowest BCUT2D eigenvalue weighted by atomic mass is 9.85. The molecule has 2 atom stereocenters. The highest BCUT2D eigenvalue weighted by Gasteiger charge is 2.16. The van der Waals surface area contributed by atoms with Gasteiger partial charge in [-0.15, -0.1) is 0 Å². The van der Waals surface area contributed by atoms with Crippen molar-refractivity contribution >= 4 is 0 Å². The van der Waals surface area contributed by atoms with Crippen LogP contribution < -0.4 is 5.73 Å². The Morgan fingerprint density at radius 1 is 1.31 bits per heavy atom. The van der Waals surface area contributed by atoms with Crippen LogP contribution in [0.25, 0.3) is 0 Å². The van der Waals surface area contributed by atoms with Crippen molar-refractivity contribution in [3.05, 3.63) is 35.6 Å². The van der Waals surface area contributed by atoms with Crippen LogP contribution in [0.1, 0.15) is 32.3 Å². The molecular formula is C14H22FN. The van der Waals surface area contributed by atoms with Crippen molar-refractivity contribution in [3.8, 4) is 0 Å². The fraction of sp³-hybridized carbons (Fsp3) is 0.571. The normalized spacial score (nSPS) is 14.8. The second-order valence-corrected chi connectivity index (χ2v) is 4.56. The Kier molecular flexibility index (Phi) is 5.47. The summed E-state index contributed by atoms with van der Waals surface area (Å²) < 4.78 is 13.5. The van der Waals surface area contributed by atoms with Gasteiger partial charge in [0.1, 0.15) is 5.82 Å². The highest BCUT2D eigenvalue weighted by atomic mass is 19.1. The maximum absolute atomic E-state index is 13.5. The Labute approximate surface area is 97.9 Å². The molecule has 0 aromatic heterocycles. The van der Waals surface area contributed by atoms with Gasteiger partial charge in [0, 0.05) is 0 Å². The van der Waals surface area contributed by atoms with Crippen LogP contribution >= 0.6 is 0 Å². The third kappa shape index (κ3) is 3.60. The van der Waals surface area contributed by atoms with Crippen LogP contribution in [0.5, 0.6) is 0 Å². The van der Waals surface area contributed by atoms with Gasteiger partial charge in [0.05, 0.1) is 0 Å². The Morgan fingerprint density at radius 2 is 2.00 bits per heavy atom. The van der Waals surface area contributed by atoms with Crippen LogP contribution in [0.15, 0.2) is 24.3 Å². The second kappa shape index (κ2) is 6.64. The standard InChI is InChI=1S/C14H22FN/c1-3-6-11(2)13(10-16)9-12-7-4-5-8-14(12)15/h4-5,7-8,11,13H,3,6,9-10,16H2,1-2H3. The van der Waals surface area contributed by atoms with E-state index >= 15 is 0 Å². The van der Waals surface area contributed by atoms with E-state index in [1.165, 1.54) is 6.07 Å². The van der Waals surface area contributed by atoms with E-state index in [1.54, 1.807) is 6.07 Å². The highest BCUT2D eigenvalue weighted by Crippen LogP contribution is 2.22. The van der Waals surface area contributed by atoms with Gasteiger partial charge < -0.3 is 5.73 Å². The number of hydrogen-bond donors (Lipinski definition) is 1. The smallest absolute Gasteiger partial charge is 0.126 e. The van der Waals surface area contributed by atoms with E-state index in [9.17, 15) is 4.39 Å². The lowest BCUT2D eigenvalue weighted by molar-refractivity contribution is 0.337. The van der Waals surface area contributed by atoms with Gasteiger partial charge in [-0.3, -0.25) is 0 Å². The van der Waals surface area contributed by atoms with E-state index in [0.717, 1.165) is 24.8 Å². The van der Waals surface area contributed by atoms with Crippen molar-refractivity contribution < 1.29 is 4.39 Å². The first-order valence-electron chi connectivity index (χ1n) is 6.12. The molecule has 2 heteroatoms. The van der Waals surface area contributed by atoms with Gasteiger partial charge in [0.2, 0.25) is 0 Å². The first-order valence-corrected chi connectivity index (χ1v) is 6.12. The summed E-state index contributed by atoms with van der Waals surface area (Å²) >= 11 is 0. The molecule has 0 aliphatic heterocycles. The quantitative estimate of drug-likeness (QED) is 0.786. The third-order valence-electron chi connectivity index (χ3n) is 3.29. The van der Waals surface area contributed by atoms with Crippen LogP contribution in [-0.4, -0.2) is 6.54 Å². The fourth-order valence-corrected chi connectivity index (χ4v) is 2.15. The number of nitrogens with two attached hydrogens (primary N) is 1. The summed E-state index contributed by atoms with van der Waals surface area (Å²) in [6.07, 6.45) is 3.08. The molecular weight excluding hydrogens is 201 g/mol. The number of rotatable bonds is 6. The molecule has 2 N–H and O–H groups in total. The lowest BCUT2D eigenvalue weighted by Crippen LogP contribution is -2.24. The molecule has 0 aliphatic rings. The summed E-state index contributed by atoms with van der Waals surface area (Å²) in [5, 5.41) is 0. The van der Waals surface area contributed by atoms with E-state index < -0.39 is 0 Å². The van der Waals surface area contributed by atoms with E-state index in [1.807, 2.05) is 12.1 Å². The summed E-state index contributed by atoms with van der Waals surface area (Å²) in [6.45, 7) is 5.02. The van der Waals surface area contributed by atoms with Crippen molar-refractivity contribution in [2.24, 2.45) is 17.6 Å². The topological polar surface area (TPSA) is 26.0 Å². The van der Waals surface area contributed by atoms with Gasteiger partial charge in [0.15, 0.2) is 0 Å². The molecule has 0 aliphatic carbocycles. The summed E-state index contributed by atoms with van der Waals surface area (Å²) in [5.74, 6) is 0.844. The molecule has 0 bridgehead atoms. The van der Waals surface area contributed by atoms with E-state index in [2.05, 4.69) is 13.8 Å². The average Bonchev–Trinajstić information content (AvgIpc) is 2.28. The van der Waals surface area contributed by atoms with Crippen molar-refractivity contribution in [2.45, 2.75) is 33.1 Å². The van der Waals surface area contributed by atoms with Gasteiger partial charge in [-0.05, 0) is 36.4 Å². The third-order valence-corrected chi connectivity index (χ3v) is 3.29. The van der Waals surface area contributed by atoms with Crippen LogP contribution in [0.4, 0.5) is 4.39 Å². The lowest BCUT2D eigenvalue weighted by Gasteiger charge is -2.22. The van der Waals surface area contributed by atoms with E-state index in [4.69, 9.17) is 5.73 Å². The van der Waals surface area contributed by atoms with E-state index in [-0.39, 0.29) is 5.82 Å². The van der Waals surface area contributed by atoms with Crippen molar-refractivity contribution in [2.75, 3.05) is 6.54 Å². The van der Waals surface area contributed by atoms with Crippen LogP contribution in [0.3, 0.4) is 0 Å². The number of hydrogen-bond acceptors (Lipinski definition) is 1. The number of benzene rings is 1. The summed E-state index contributed by atoms with van der Waals surface area (Å²) in [6, 6.07) is 6.99. The molecule has 90 valence electrons. The molecule has 1 aromatic carbocycles. The molecule has 1 rings (SSSR count). The molecule has 0 fully saturated rings. The zero-order valence-electron chi connectivity index (χ0n) is 10.2. The molecule has 0 heterocycles. The van der Waals surface area contributed by atoms with Gasteiger partial charge in [-0.1, -0.05) is 44.9 Å². The van der Waals surface area contributed by atoms with Crippen molar-refractivity contribution in [1.29, 1.82) is 0 Å². The minimum absolute atomic E-state index is 0.107. The van der Waals surface area contributed by atoms with Crippen LogP contribution in [-0.2, 0) is 6.42 Å². The van der Waals surface area contributed by atoms with Gasteiger partial charge in [-0.2, -0.15) is 0 Å². The zero-order valence-corrected chi connectivity index (χ0v) is 10.2. The van der Waals surface area contributed by atoms with E-state index in [0.29, 0.717) is 18.4 Å². The van der Waals surface area contributed by atoms with Crippen LogP contribution in [0, 0.1) is 17.7 Å². The molecule has 1 nitrogen and oxygen atoms in total. The zero-order chi connectivity index (χ0) is 12.0. The monoisotopic (exact) mass is 223 g/mol. The Bertz CT molecular complexity index is 311. The summed E-state index contributed by atoms with van der Waals surface area (Å²) in [4.78, 5) is 0. The first-order chi connectivity index (χ1) is 7.69. The summed E-state index contributed by atoms with van der Waals surface area (Å²) in [5.41, 5.74) is 6.57. The van der Waals surface area contributed by atoms with Gasteiger partial charge >= 0.3 is 0 Å². The molecule has 1 aromatic rings. The van der Waals surface area contributed by atoms with Crippen molar-refractivity contribution in [1.82, 2.24) is 0 Å². The van der Waals surface area contributed by atoms with Crippen molar-refractivity contribution in [3.63, 3.8) is 0 Å². The first kappa shape index (κ1) is 13.2. The number of halogens is 1. The molecule has 0 amide bonds. The molecule has 2 unspecified atom stereocenters. The predicted octanol–water partition coefficient (Wildman–Crippen LogP) is 3.38. The Balaban J connectivity index is 2.66. The maximum atomic E-state index is 13.5. The fourth-order valence-electron chi connectivity index (χ4n) is 2.15. The molecule has 0 saturated carbocycles. The SMILES string of the molecule is CCCC(C)C(CN)Cc1ccccc1F. The highest BCUT2D eigenvalue weighted by molar-refractivity contribution is 5.18. The minimum Gasteiger partial charge on any atom is -0.330 e. The maximum Gasteiger partial charge on any atom is 0.126 e. The second-order valence-electron chi connectivity index (χ2n) is 4.56. The summed E-state index contributed by atoms with van der Waals surface area (Å²) in [7, 11) is 0. The Morgan fingerprint density at radius 3 is 2.56 bits per heavy atom. The van der Waals surface area contributed by atoms with Crippen LogP contribution in [0.2, 0.25) is 0 Å². The van der Waals surface area contributed by atoms with Gasteiger partial charge in [-0.25, -0.2) is 4.39 Å².